The van der Waals surface area contributed by atoms with Gasteiger partial charge in [0.2, 0.25) is 0 Å². The van der Waals surface area contributed by atoms with E-state index in [0.29, 0.717) is 12.2 Å². The lowest BCUT2D eigenvalue weighted by molar-refractivity contribution is -0.118. The number of hydrogen-bond acceptors (Lipinski definition) is 2. The maximum Gasteiger partial charge on any atom is 0.132 e. The van der Waals surface area contributed by atoms with Gasteiger partial charge in [-0.15, -0.1) is 0 Å². The van der Waals surface area contributed by atoms with Gasteiger partial charge in [0, 0.05) is 19.3 Å². The zero-order chi connectivity index (χ0) is 12.1. The SMILES string of the molecule is CCC(=O)CCCCc1ccc2c(c1)CCO2. The van der Waals surface area contributed by atoms with Gasteiger partial charge in [-0.05, 0) is 36.5 Å². The topological polar surface area (TPSA) is 26.3 Å². The van der Waals surface area contributed by atoms with E-state index in [1.165, 1.54) is 11.1 Å². The number of carbonyl (C=O) groups excluding carboxylic acids is 1. The number of carbonyl (C=O) groups is 1. The molecule has 0 bridgehead atoms. The fourth-order valence-electron chi connectivity index (χ4n) is 2.22. The first kappa shape index (κ1) is 12.2. The van der Waals surface area contributed by atoms with Gasteiger partial charge in [-0.3, -0.25) is 4.79 Å². The minimum atomic E-state index is 0.382. The number of Topliss-reactive ketones (excluding diaryl/α,β-unsaturated/α-hetero) is 1. The maximum atomic E-state index is 11.2. The van der Waals surface area contributed by atoms with E-state index in [1.807, 2.05) is 6.92 Å². The van der Waals surface area contributed by atoms with Crippen molar-refractivity contribution in [2.24, 2.45) is 0 Å². The molecule has 0 radical (unpaired) electrons. The Morgan fingerprint density at radius 3 is 3.06 bits per heavy atom. The highest BCUT2D eigenvalue weighted by molar-refractivity contribution is 5.77. The van der Waals surface area contributed by atoms with E-state index in [1.54, 1.807) is 0 Å². The van der Waals surface area contributed by atoms with Crippen molar-refractivity contribution in [2.75, 3.05) is 6.61 Å². The highest BCUT2D eigenvalue weighted by atomic mass is 16.5. The lowest BCUT2D eigenvalue weighted by Crippen LogP contribution is -1.95. The molecule has 0 N–H and O–H groups in total. The average molecular weight is 232 g/mol. The van der Waals surface area contributed by atoms with Crippen molar-refractivity contribution in [3.8, 4) is 5.75 Å². The molecule has 0 amide bonds. The Bertz CT molecular complexity index is 396. The van der Waals surface area contributed by atoms with E-state index in [9.17, 15) is 4.79 Å². The summed E-state index contributed by atoms with van der Waals surface area (Å²) in [6, 6.07) is 6.48. The first-order valence-electron chi connectivity index (χ1n) is 6.56. The second-order valence-corrected chi connectivity index (χ2v) is 4.64. The van der Waals surface area contributed by atoms with E-state index in [-0.39, 0.29) is 0 Å². The smallest absolute Gasteiger partial charge is 0.132 e. The number of fused-ring (bicyclic) bond motifs is 1. The molecule has 0 saturated carbocycles. The van der Waals surface area contributed by atoms with Crippen LogP contribution in [0.1, 0.15) is 43.7 Å². The Morgan fingerprint density at radius 1 is 1.35 bits per heavy atom. The predicted octanol–water partition coefficient (Wildman–Crippen LogP) is 3.31. The van der Waals surface area contributed by atoms with Crippen LogP contribution in [-0.4, -0.2) is 12.4 Å². The van der Waals surface area contributed by atoms with Gasteiger partial charge in [0.1, 0.15) is 11.5 Å². The maximum absolute atomic E-state index is 11.2. The second kappa shape index (κ2) is 5.85. The normalized spacial score (nSPS) is 13.2. The molecule has 1 aromatic rings. The van der Waals surface area contributed by atoms with Crippen molar-refractivity contribution in [3.05, 3.63) is 29.3 Å². The van der Waals surface area contributed by atoms with Crippen molar-refractivity contribution in [1.82, 2.24) is 0 Å². The number of unbranched alkanes of at least 4 members (excludes halogenated alkanes) is 1. The minimum Gasteiger partial charge on any atom is -0.493 e. The van der Waals surface area contributed by atoms with E-state index >= 15 is 0 Å². The van der Waals surface area contributed by atoms with Crippen LogP contribution in [0, 0.1) is 0 Å². The Hall–Kier alpha value is -1.31. The van der Waals surface area contributed by atoms with Gasteiger partial charge in [0.15, 0.2) is 0 Å². The number of ether oxygens (including phenoxy) is 1. The highest BCUT2D eigenvalue weighted by Crippen LogP contribution is 2.26. The van der Waals surface area contributed by atoms with Crippen LogP contribution >= 0.6 is 0 Å². The molecule has 0 saturated heterocycles. The van der Waals surface area contributed by atoms with Crippen molar-refractivity contribution in [2.45, 2.75) is 45.4 Å². The summed E-state index contributed by atoms with van der Waals surface area (Å²) in [5, 5.41) is 0. The third-order valence-electron chi connectivity index (χ3n) is 3.32. The molecule has 0 atom stereocenters. The average Bonchev–Trinajstić information content (AvgIpc) is 2.81. The Labute approximate surface area is 103 Å². The summed E-state index contributed by atoms with van der Waals surface area (Å²) < 4.78 is 5.48. The van der Waals surface area contributed by atoms with Crippen molar-refractivity contribution >= 4 is 5.78 Å². The van der Waals surface area contributed by atoms with Gasteiger partial charge in [-0.25, -0.2) is 0 Å². The number of benzene rings is 1. The molecule has 2 nitrogen and oxygen atoms in total. The first-order chi connectivity index (χ1) is 8.29. The Morgan fingerprint density at radius 2 is 2.24 bits per heavy atom. The van der Waals surface area contributed by atoms with Gasteiger partial charge in [-0.1, -0.05) is 19.1 Å². The monoisotopic (exact) mass is 232 g/mol. The molecule has 92 valence electrons. The van der Waals surface area contributed by atoms with Crippen LogP contribution in [0.25, 0.3) is 0 Å². The standard InChI is InChI=1S/C15H20O2/c1-2-14(16)6-4-3-5-12-7-8-15-13(11-12)9-10-17-15/h7-8,11H,2-6,9-10H2,1H3. The summed E-state index contributed by atoms with van der Waals surface area (Å²) in [5.41, 5.74) is 2.71. The molecule has 1 aliphatic rings. The predicted molar refractivity (Wildman–Crippen MR) is 68.5 cm³/mol. The molecular weight excluding hydrogens is 212 g/mol. The summed E-state index contributed by atoms with van der Waals surface area (Å²) in [6.07, 6.45) is 5.65. The van der Waals surface area contributed by atoms with E-state index in [4.69, 9.17) is 4.74 Å². The second-order valence-electron chi connectivity index (χ2n) is 4.64. The van der Waals surface area contributed by atoms with Crippen LogP contribution in [0.15, 0.2) is 18.2 Å². The molecular formula is C15H20O2. The summed E-state index contributed by atoms with van der Waals surface area (Å²) in [5.74, 6) is 1.43. The fourth-order valence-corrected chi connectivity index (χ4v) is 2.22. The molecule has 1 heterocycles. The first-order valence-corrected chi connectivity index (χ1v) is 6.56. The molecule has 2 heteroatoms. The molecule has 0 aromatic heterocycles. The highest BCUT2D eigenvalue weighted by Gasteiger charge is 2.11. The molecule has 1 aromatic carbocycles. The van der Waals surface area contributed by atoms with Crippen molar-refractivity contribution in [3.63, 3.8) is 0 Å². The van der Waals surface area contributed by atoms with Crippen LogP contribution in [0.5, 0.6) is 5.75 Å². The van der Waals surface area contributed by atoms with E-state index < -0.39 is 0 Å². The zero-order valence-corrected chi connectivity index (χ0v) is 10.5. The van der Waals surface area contributed by atoms with Crippen LogP contribution < -0.4 is 4.74 Å². The number of ketones is 1. The fraction of sp³-hybridized carbons (Fsp3) is 0.533. The number of aryl methyl sites for hydroxylation is 1. The van der Waals surface area contributed by atoms with Gasteiger partial charge < -0.3 is 4.74 Å². The van der Waals surface area contributed by atoms with Gasteiger partial charge in [0.05, 0.1) is 6.61 Å². The van der Waals surface area contributed by atoms with Crippen LogP contribution in [0.4, 0.5) is 0 Å². The molecule has 0 fully saturated rings. The molecule has 2 rings (SSSR count). The molecule has 0 aliphatic carbocycles. The van der Waals surface area contributed by atoms with Gasteiger partial charge in [-0.2, -0.15) is 0 Å². The van der Waals surface area contributed by atoms with Gasteiger partial charge >= 0.3 is 0 Å². The quantitative estimate of drug-likeness (QED) is 0.703. The molecule has 0 spiro atoms. The number of hydrogen-bond donors (Lipinski definition) is 0. The van der Waals surface area contributed by atoms with Crippen molar-refractivity contribution in [1.29, 1.82) is 0 Å². The third-order valence-corrected chi connectivity index (χ3v) is 3.32. The summed E-state index contributed by atoms with van der Waals surface area (Å²) in [7, 11) is 0. The van der Waals surface area contributed by atoms with E-state index in [2.05, 4.69) is 18.2 Å². The molecule has 17 heavy (non-hydrogen) atoms. The third kappa shape index (κ3) is 3.32. The zero-order valence-electron chi connectivity index (χ0n) is 10.5. The summed E-state index contributed by atoms with van der Waals surface area (Å²) in [6.45, 7) is 2.76. The Kier molecular flexibility index (Phi) is 4.18. The lowest BCUT2D eigenvalue weighted by Gasteiger charge is -2.04. The summed E-state index contributed by atoms with van der Waals surface area (Å²) in [4.78, 5) is 11.2. The van der Waals surface area contributed by atoms with Gasteiger partial charge in [0.25, 0.3) is 0 Å². The van der Waals surface area contributed by atoms with Crippen LogP contribution in [0.2, 0.25) is 0 Å². The molecule has 0 unspecified atom stereocenters. The largest absolute Gasteiger partial charge is 0.493 e. The minimum absolute atomic E-state index is 0.382. The Balaban J connectivity index is 1.78. The van der Waals surface area contributed by atoms with Crippen LogP contribution in [0.3, 0.4) is 0 Å². The molecule has 1 aliphatic heterocycles. The number of rotatable bonds is 6. The lowest BCUT2D eigenvalue weighted by atomic mass is 10.0. The van der Waals surface area contributed by atoms with E-state index in [0.717, 1.165) is 44.5 Å². The van der Waals surface area contributed by atoms with Crippen LogP contribution in [-0.2, 0) is 17.6 Å². The summed E-state index contributed by atoms with van der Waals surface area (Å²) >= 11 is 0. The van der Waals surface area contributed by atoms with Crippen molar-refractivity contribution < 1.29 is 9.53 Å².